The molecule has 1 amide bonds. The fourth-order valence-corrected chi connectivity index (χ4v) is 4.39. The molecular weight excluding hydrogens is 320 g/mol. The summed E-state index contributed by atoms with van der Waals surface area (Å²) in [5.74, 6) is 1.47. The van der Waals surface area contributed by atoms with Gasteiger partial charge < -0.3 is 4.90 Å². The van der Waals surface area contributed by atoms with E-state index in [2.05, 4.69) is 29.0 Å². The zero-order chi connectivity index (χ0) is 16.5. The van der Waals surface area contributed by atoms with E-state index >= 15 is 0 Å². The van der Waals surface area contributed by atoms with Gasteiger partial charge in [-0.15, -0.1) is 0 Å². The maximum Gasteiger partial charge on any atom is 0.274 e. The van der Waals surface area contributed by atoms with Gasteiger partial charge in [-0.25, -0.2) is 9.97 Å². The molecule has 1 aliphatic heterocycles. The number of carbonyl (C=O) groups excluding carboxylic acids is 1. The molecule has 2 aromatic heterocycles. The molecule has 0 radical (unpaired) electrons. The van der Waals surface area contributed by atoms with Crippen molar-refractivity contribution in [1.29, 1.82) is 0 Å². The Kier molecular flexibility index (Phi) is 3.98. The Hall–Kier alpha value is -2.34. The molecule has 1 fully saturated rings. The van der Waals surface area contributed by atoms with Gasteiger partial charge in [0.15, 0.2) is 0 Å². The van der Waals surface area contributed by atoms with Gasteiger partial charge in [0, 0.05) is 36.1 Å². The lowest BCUT2D eigenvalue weighted by molar-refractivity contribution is 0.0675. The molecular formula is C18H18N4OS. The fraction of sp³-hybridized carbons (Fsp3) is 0.278. The van der Waals surface area contributed by atoms with E-state index in [4.69, 9.17) is 0 Å². The SMILES string of the molecule is C[C@@H]1SCCN(C(=O)c2cn3cccnc3n2)[C@@H]1c1ccccc1. The van der Waals surface area contributed by atoms with Crippen molar-refractivity contribution in [1.82, 2.24) is 19.3 Å². The molecule has 0 aliphatic carbocycles. The van der Waals surface area contributed by atoms with Crippen LogP contribution in [0.15, 0.2) is 55.0 Å². The molecule has 0 saturated carbocycles. The van der Waals surface area contributed by atoms with Crippen LogP contribution >= 0.6 is 11.8 Å². The monoisotopic (exact) mass is 338 g/mol. The normalized spacial score (nSPS) is 21.1. The Balaban J connectivity index is 1.70. The van der Waals surface area contributed by atoms with Gasteiger partial charge in [-0.1, -0.05) is 37.3 Å². The largest absolute Gasteiger partial charge is 0.328 e. The fourth-order valence-electron chi connectivity index (χ4n) is 3.23. The average molecular weight is 338 g/mol. The summed E-state index contributed by atoms with van der Waals surface area (Å²) in [6.07, 6.45) is 5.30. The van der Waals surface area contributed by atoms with Crippen LogP contribution in [0.25, 0.3) is 5.78 Å². The van der Waals surface area contributed by atoms with E-state index < -0.39 is 0 Å². The third-order valence-corrected chi connectivity index (χ3v) is 5.55. The minimum Gasteiger partial charge on any atom is -0.328 e. The lowest BCUT2D eigenvalue weighted by Gasteiger charge is -2.39. The molecule has 4 rings (SSSR count). The van der Waals surface area contributed by atoms with Crippen molar-refractivity contribution in [3.8, 4) is 0 Å². The maximum absolute atomic E-state index is 13.1. The first-order chi connectivity index (χ1) is 11.7. The number of hydrogen-bond donors (Lipinski definition) is 0. The first kappa shape index (κ1) is 15.2. The van der Waals surface area contributed by atoms with Crippen LogP contribution in [0, 0.1) is 0 Å². The molecule has 0 unspecified atom stereocenters. The summed E-state index contributed by atoms with van der Waals surface area (Å²) < 4.78 is 1.78. The van der Waals surface area contributed by atoms with Crippen molar-refractivity contribution < 1.29 is 4.79 Å². The number of thioether (sulfide) groups is 1. The molecule has 122 valence electrons. The smallest absolute Gasteiger partial charge is 0.274 e. The van der Waals surface area contributed by atoms with Crippen LogP contribution in [0.2, 0.25) is 0 Å². The van der Waals surface area contributed by atoms with E-state index in [1.165, 1.54) is 5.56 Å². The molecule has 24 heavy (non-hydrogen) atoms. The van der Waals surface area contributed by atoms with Gasteiger partial charge in [0.2, 0.25) is 5.78 Å². The highest BCUT2D eigenvalue weighted by molar-refractivity contribution is 8.00. The second kappa shape index (κ2) is 6.28. The highest BCUT2D eigenvalue weighted by Crippen LogP contribution is 2.36. The number of nitrogens with zero attached hydrogens (tertiary/aromatic N) is 4. The van der Waals surface area contributed by atoms with Gasteiger partial charge in [-0.05, 0) is 11.6 Å². The number of carbonyl (C=O) groups is 1. The summed E-state index contributed by atoms with van der Waals surface area (Å²) in [7, 11) is 0. The van der Waals surface area contributed by atoms with Gasteiger partial charge in [0.05, 0.1) is 6.04 Å². The van der Waals surface area contributed by atoms with E-state index in [1.54, 1.807) is 16.8 Å². The number of rotatable bonds is 2. The average Bonchev–Trinajstić information content (AvgIpc) is 3.06. The second-order valence-corrected chi connectivity index (χ2v) is 7.37. The van der Waals surface area contributed by atoms with E-state index in [-0.39, 0.29) is 11.9 Å². The Morgan fingerprint density at radius 3 is 2.88 bits per heavy atom. The summed E-state index contributed by atoms with van der Waals surface area (Å²) in [5, 5.41) is 0.347. The predicted molar refractivity (Wildman–Crippen MR) is 95.1 cm³/mol. The molecule has 1 saturated heterocycles. The number of amides is 1. The molecule has 0 bridgehead atoms. The van der Waals surface area contributed by atoms with Crippen LogP contribution in [0.3, 0.4) is 0 Å². The molecule has 2 atom stereocenters. The molecule has 6 heteroatoms. The summed E-state index contributed by atoms with van der Waals surface area (Å²) in [6.45, 7) is 2.92. The molecule has 3 heterocycles. The maximum atomic E-state index is 13.1. The zero-order valence-electron chi connectivity index (χ0n) is 13.4. The molecule has 5 nitrogen and oxygen atoms in total. The highest BCUT2D eigenvalue weighted by Gasteiger charge is 2.34. The van der Waals surface area contributed by atoms with E-state index in [0.29, 0.717) is 16.7 Å². The first-order valence-electron chi connectivity index (χ1n) is 8.01. The first-order valence-corrected chi connectivity index (χ1v) is 9.06. The van der Waals surface area contributed by atoms with Crippen LogP contribution in [0.4, 0.5) is 0 Å². The van der Waals surface area contributed by atoms with Gasteiger partial charge in [0.25, 0.3) is 5.91 Å². The lowest BCUT2D eigenvalue weighted by Crippen LogP contribution is -2.44. The van der Waals surface area contributed by atoms with Crippen LogP contribution in [-0.2, 0) is 0 Å². The van der Waals surface area contributed by atoms with Crippen LogP contribution in [0.1, 0.15) is 29.0 Å². The van der Waals surface area contributed by atoms with Crippen molar-refractivity contribution in [2.24, 2.45) is 0 Å². The Morgan fingerprint density at radius 1 is 1.25 bits per heavy atom. The van der Waals surface area contributed by atoms with Crippen molar-refractivity contribution in [2.45, 2.75) is 18.2 Å². The Bertz CT molecular complexity index is 831. The van der Waals surface area contributed by atoms with Crippen molar-refractivity contribution in [3.05, 3.63) is 66.2 Å². The quantitative estimate of drug-likeness (QED) is 0.721. The van der Waals surface area contributed by atoms with Gasteiger partial charge in [-0.2, -0.15) is 11.8 Å². The minimum atomic E-state index is -0.0264. The van der Waals surface area contributed by atoms with E-state index in [1.807, 2.05) is 47.1 Å². The number of hydrogen-bond acceptors (Lipinski definition) is 4. The third kappa shape index (κ3) is 2.67. The topological polar surface area (TPSA) is 50.5 Å². The molecule has 0 N–H and O–H groups in total. The van der Waals surface area contributed by atoms with Crippen molar-refractivity contribution >= 4 is 23.4 Å². The number of benzene rings is 1. The van der Waals surface area contributed by atoms with Gasteiger partial charge >= 0.3 is 0 Å². The Labute approximate surface area is 144 Å². The molecule has 3 aromatic rings. The van der Waals surface area contributed by atoms with Crippen LogP contribution in [-0.4, -0.2) is 42.7 Å². The number of fused-ring (bicyclic) bond motifs is 1. The molecule has 1 aromatic carbocycles. The van der Waals surface area contributed by atoms with Crippen LogP contribution in [0.5, 0.6) is 0 Å². The van der Waals surface area contributed by atoms with E-state index in [9.17, 15) is 4.79 Å². The summed E-state index contributed by atoms with van der Waals surface area (Å²) >= 11 is 1.91. The summed E-state index contributed by atoms with van der Waals surface area (Å²) in [4.78, 5) is 23.7. The summed E-state index contributed by atoms with van der Waals surface area (Å²) in [5.41, 5.74) is 1.63. The second-order valence-electron chi connectivity index (χ2n) is 5.88. The minimum absolute atomic E-state index is 0.0264. The zero-order valence-corrected chi connectivity index (χ0v) is 14.2. The van der Waals surface area contributed by atoms with Gasteiger partial charge in [-0.3, -0.25) is 9.20 Å². The van der Waals surface area contributed by atoms with Crippen LogP contribution < -0.4 is 0 Å². The third-order valence-electron chi connectivity index (χ3n) is 4.35. The number of aromatic nitrogens is 3. The molecule has 1 aliphatic rings. The van der Waals surface area contributed by atoms with Crippen molar-refractivity contribution in [2.75, 3.05) is 12.3 Å². The Morgan fingerprint density at radius 2 is 2.08 bits per heavy atom. The molecule has 0 spiro atoms. The summed E-state index contributed by atoms with van der Waals surface area (Å²) in [6, 6.07) is 12.1. The van der Waals surface area contributed by atoms with E-state index in [0.717, 1.165) is 12.3 Å². The predicted octanol–water partition coefficient (Wildman–Crippen LogP) is 3.05. The highest BCUT2D eigenvalue weighted by atomic mass is 32.2. The van der Waals surface area contributed by atoms with Gasteiger partial charge in [0.1, 0.15) is 5.69 Å². The lowest BCUT2D eigenvalue weighted by atomic mass is 10.0. The van der Waals surface area contributed by atoms with Crippen molar-refractivity contribution in [3.63, 3.8) is 0 Å². The standard InChI is InChI=1S/C18H18N4OS/c1-13-16(14-6-3-2-4-7-14)22(10-11-24-13)17(23)15-12-21-9-5-8-19-18(21)20-15/h2-9,12-13,16H,10-11H2,1H3/t13-,16-/m0/s1. The number of imidazole rings is 1.